The van der Waals surface area contributed by atoms with Gasteiger partial charge in [-0.1, -0.05) is 34.5 Å². The Balaban J connectivity index is 1.61. The number of nitrogens with one attached hydrogen (secondary N) is 2. The molecule has 0 aliphatic carbocycles. The molecule has 4 rings (SSSR count). The number of carbonyl (C=O) groups excluding carboxylic acids is 1. The van der Waals surface area contributed by atoms with E-state index in [-0.39, 0.29) is 24.2 Å². The van der Waals surface area contributed by atoms with E-state index in [1.165, 1.54) is 4.68 Å². The molecule has 2 aromatic heterocycles. The second-order valence-electron chi connectivity index (χ2n) is 8.05. The molecule has 0 aliphatic rings. The van der Waals surface area contributed by atoms with Gasteiger partial charge in [0.05, 0.1) is 0 Å². The van der Waals surface area contributed by atoms with Crippen LogP contribution >= 0.6 is 11.6 Å². The Morgan fingerprint density at radius 1 is 1.15 bits per heavy atom. The summed E-state index contributed by atoms with van der Waals surface area (Å²) in [6.45, 7) is 8.41. The topological polar surface area (TPSA) is 124 Å². The van der Waals surface area contributed by atoms with Gasteiger partial charge in [-0.2, -0.15) is 10.1 Å². The molecule has 4 aromatic rings. The summed E-state index contributed by atoms with van der Waals surface area (Å²) in [4.78, 5) is 17.3. The number of aromatic nitrogens is 4. The fourth-order valence-electron chi connectivity index (χ4n) is 3.83. The van der Waals surface area contributed by atoms with E-state index >= 15 is 0 Å². The van der Waals surface area contributed by atoms with Crippen molar-refractivity contribution in [3.63, 3.8) is 0 Å². The zero-order valence-corrected chi connectivity index (χ0v) is 20.2. The van der Waals surface area contributed by atoms with Crippen molar-refractivity contribution in [1.29, 1.82) is 0 Å². The van der Waals surface area contributed by atoms with Gasteiger partial charge in [0, 0.05) is 22.8 Å². The van der Waals surface area contributed by atoms with Gasteiger partial charge in [-0.25, -0.2) is 4.68 Å². The van der Waals surface area contributed by atoms with Crippen LogP contribution in [-0.4, -0.2) is 32.4 Å². The van der Waals surface area contributed by atoms with Crippen molar-refractivity contribution in [3.8, 4) is 22.8 Å². The number of aryl methyl sites for hydroxylation is 3. The Morgan fingerprint density at radius 2 is 1.82 bits per heavy atom. The van der Waals surface area contributed by atoms with Gasteiger partial charge in [-0.15, -0.1) is 0 Å². The molecule has 0 spiro atoms. The highest BCUT2D eigenvalue weighted by molar-refractivity contribution is 6.30. The lowest BCUT2D eigenvalue weighted by molar-refractivity contribution is -0.116. The molecule has 0 saturated carbocycles. The number of hydrogen-bond donors (Lipinski definition) is 3. The van der Waals surface area contributed by atoms with Crippen LogP contribution < -0.4 is 16.4 Å². The first kappa shape index (κ1) is 23.3. The lowest BCUT2D eigenvalue weighted by Gasteiger charge is -2.13. The Bertz CT molecular complexity index is 1320. The van der Waals surface area contributed by atoms with E-state index in [2.05, 4.69) is 25.9 Å². The summed E-state index contributed by atoms with van der Waals surface area (Å²) in [5.41, 5.74) is 11.5. The van der Waals surface area contributed by atoms with Gasteiger partial charge in [-0.05, 0) is 63.1 Å². The Morgan fingerprint density at radius 3 is 2.47 bits per heavy atom. The summed E-state index contributed by atoms with van der Waals surface area (Å²) in [6.07, 6.45) is 0. The first-order chi connectivity index (χ1) is 16.3. The predicted octanol–water partition coefficient (Wildman–Crippen LogP) is 4.83. The van der Waals surface area contributed by atoms with Gasteiger partial charge >= 0.3 is 0 Å². The van der Waals surface area contributed by atoms with Gasteiger partial charge in [0.1, 0.15) is 17.9 Å². The molecule has 0 aliphatic heterocycles. The summed E-state index contributed by atoms with van der Waals surface area (Å²) in [5, 5.41) is 15.3. The standard InChI is InChI=1S/C24H26ClN7O2/c1-5-27-23-19(24-29-22(31-34-24)16-6-8-17(25)9-7-16)21(26)32(30-23)12-18(33)28-20-14(3)10-13(2)11-15(20)4/h6-11H,5,12,26H2,1-4H3,(H,27,30)(H,28,33). The molecule has 0 bridgehead atoms. The van der Waals surface area contributed by atoms with Crippen LogP contribution in [0.2, 0.25) is 5.02 Å². The van der Waals surface area contributed by atoms with Gasteiger partial charge in [0.25, 0.3) is 5.89 Å². The van der Waals surface area contributed by atoms with E-state index in [4.69, 9.17) is 21.9 Å². The number of benzene rings is 2. The van der Waals surface area contributed by atoms with E-state index in [0.717, 1.165) is 27.9 Å². The number of nitrogens with two attached hydrogens (primary N) is 1. The Hall–Kier alpha value is -3.85. The molecular weight excluding hydrogens is 454 g/mol. The van der Waals surface area contributed by atoms with Crippen LogP contribution in [0.4, 0.5) is 17.3 Å². The highest BCUT2D eigenvalue weighted by Crippen LogP contribution is 2.34. The Kier molecular flexibility index (Phi) is 6.56. The maximum atomic E-state index is 12.8. The fraction of sp³-hybridized carbons (Fsp3) is 0.250. The van der Waals surface area contributed by atoms with E-state index in [1.54, 1.807) is 24.3 Å². The van der Waals surface area contributed by atoms with Gasteiger partial charge in [0.2, 0.25) is 11.7 Å². The predicted molar refractivity (Wildman–Crippen MR) is 134 cm³/mol. The van der Waals surface area contributed by atoms with Crippen LogP contribution in [-0.2, 0) is 11.3 Å². The average Bonchev–Trinajstić information content (AvgIpc) is 3.36. The lowest BCUT2D eigenvalue weighted by Crippen LogP contribution is -2.21. The zero-order chi connectivity index (χ0) is 24.4. The van der Waals surface area contributed by atoms with Crippen LogP contribution in [0.15, 0.2) is 40.9 Å². The largest absolute Gasteiger partial charge is 0.383 e. The van der Waals surface area contributed by atoms with Gasteiger partial charge < -0.3 is 20.9 Å². The number of amides is 1. The average molecular weight is 480 g/mol. The summed E-state index contributed by atoms with van der Waals surface area (Å²) in [5.74, 6) is 1.06. The molecule has 0 saturated heterocycles. The monoisotopic (exact) mass is 479 g/mol. The highest BCUT2D eigenvalue weighted by Gasteiger charge is 2.24. The van der Waals surface area contributed by atoms with Crippen LogP contribution in [0.25, 0.3) is 22.8 Å². The quantitative estimate of drug-likeness (QED) is 0.346. The molecular formula is C24H26ClN7O2. The van der Waals surface area contributed by atoms with E-state index in [1.807, 2.05) is 39.8 Å². The summed E-state index contributed by atoms with van der Waals surface area (Å²) in [7, 11) is 0. The maximum Gasteiger partial charge on any atom is 0.265 e. The Labute approximate surface area is 202 Å². The molecule has 0 fully saturated rings. The molecule has 2 heterocycles. The van der Waals surface area contributed by atoms with Crippen molar-refractivity contribution >= 4 is 34.8 Å². The minimum Gasteiger partial charge on any atom is -0.383 e. The first-order valence-electron chi connectivity index (χ1n) is 10.8. The van der Waals surface area contributed by atoms with E-state index in [0.29, 0.717) is 28.8 Å². The molecule has 4 N–H and O–H groups in total. The van der Waals surface area contributed by atoms with Crippen molar-refractivity contribution in [1.82, 2.24) is 19.9 Å². The number of anilines is 3. The van der Waals surface area contributed by atoms with Crippen LogP contribution in [0, 0.1) is 20.8 Å². The number of hydrogen-bond acceptors (Lipinski definition) is 7. The van der Waals surface area contributed by atoms with Gasteiger partial charge in [-0.3, -0.25) is 4.79 Å². The van der Waals surface area contributed by atoms with Crippen molar-refractivity contribution < 1.29 is 9.32 Å². The van der Waals surface area contributed by atoms with Crippen molar-refractivity contribution in [2.75, 3.05) is 22.9 Å². The molecule has 0 radical (unpaired) electrons. The molecule has 10 heteroatoms. The SMILES string of the molecule is CCNc1nn(CC(=O)Nc2c(C)cc(C)cc2C)c(N)c1-c1nc(-c2ccc(Cl)cc2)no1. The van der Waals surface area contributed by atoms with Crippen molar-refractivity contribution in [2.24, 2.45) is 0 Å². The molecule has 9 nitrogen and oxygen atoms in total. The second-order valence-corrected chi connectivity index (χ2v) is 8.49. The molecule has 0 atom stereocenters. The summed E-state index contributed by atoms with van der Waals surface area (Å²) >= 11 is 5.96. The number of carbonyl (C=O) groups is 1. The van der Waals surface area contributed by atoms with Crippen LogP contribution in [0.3, 0.4) is 0 Å². The summed E-state index contributed by atoms with van der Waals surface area (Å²) in [6, 6.07) is 11.2. The molecule has 2 aromatic carbocycles. The third-order valence-electron chi connectivity index (χ3n) is 5.31. The highest BCUT2D eigenvalue weighted by atomic mass is 35.5. The molecule has 0 unspecified atom stereocenters. The van der Waals surface area contributed by atoms with Crippen LogP contribution in [0.1, 0.15) is 23.6 Å². The van der Waals surface area contributed by atoms with Crippen molar-refractivity contribution in [2.45, 2.75) is 34.2 Å². The number of halogens is 1. The molecule has 176 valence electrons. The van der Waals surface area contributed by atoms with E-state index in [9.17, 15) is 4.79 Å². The van der Waals surface area contributed by atoms with Crippen molar-refractivity contribution in [3.05, 3.63) is 58.1 Å². The summed E-state index contributed by atoms with van der Waals surface area (Å²) < 4.78 is 6.92. The normalized spacial score (nSPS) is 11.0. The maximum absolute atomic E-state index is 12.8. The minimum atomic E-state index is -0.244. The van der Waals surface area contributed by atoms with Crippen LogP contribution in [0.5, 0.6) is 0 Å². The molecule has 34 heavy (non-hydrogen) atoms. The number of nitrogens with zero attached hydrogens (tertiary/aromatic N) is 4. The first-order valence-corrected chi connectivity index (χ1v) is 11.2. The fourth-order valence-corrected chi connectivity index (χ4v) is 3.96. The van der Waals surface area contributed by atoms with E-state index < -0.39 is 0 Å². The minimum absolute atomic E-state index is 0.0742. The van der Waals surface area contributed by atoms with Gasteiger partial charge in [0.15, 0.2) is 5.82 Å². The third kappa shape index (κ3) is 4.74. The number of nitrogen functional groups attached to an aromatic ring is 1. The lowest BCUT2D eigenvalue weighted by atomic mass is 10.1. The smallest absolute Gasteiger partial charge is 0.265 e. The number of rotatable bonds is 7. The third-order valence-corrected chi connectivity index (χ3v) is 5.57. The zero-order valence-electron chi connectivity index (χ0n) is 19.4. The molecule has 1 amide bonds. The second kappa shape index (κ2) is 9.56.